The van der Waals surface area contributed by atoms with Crippen LogP contribution in [0.2, 0.25) is 0 Å². The first-order valence-corrected chi connectivity index (χ1v) is 6.35. The highest BCUT2D eigenvalue weighted by molar-refractivity contribution is 5.67. The van der Waals surface area contributed by atoms with Gasteiger partial charge in [-0.25, -0.2) is 25.2 Å². The van der Waals surface area contributed by atoms with Crippen molar-refractivity contribution in [3.05, 3.63) is 30.3 Å². The van der Waals surface area contributed by atoms with Crippen molar-refractivity contribution < 1.29 is 44.7 Å². The molecule has 0 atom stereocenters. The van der Waals surface area contributed by atoms with Crippen LogP contribution in [-0.2, 0) is 19.1 Å². The minimum absolute atomic E-state index is 0.0278. The molecule has 0 saturated carbocycles. The highest BCUT2D eigenvalue weighted by atomic mass is 16.5. The fraction of sp³-hybridized carbons (Fsp3) is 0.357. The molecule has 0 aliphatic heterocycles. The van der Waals surface area contributed by atoms with Crippen LogP contribution in [0, 0.1) is 10.8 Å². The van der Waals surface area contributed by atoms with Gasteiger partial charge in [-0.3, -0.25) is 0 Å². The summed E-state index contributed by atoms with van der Waals surface area (Å²) >= 11 is 0. The van der Waals surface area contributed by atoms with E-state index >= 15 is 0 Å². The third kappa shape index (κ3) is 62.5. The van der Waals surface area contributed by atoms with Gasteiger partial charge < -0.3 is 30.3 Å². The zero-order valence-corrected chi connectivity index (χ0v) is 13.3. The van der Waals surface area contributed by atoms with Crippen molar-refractivity contribution in [2.45, 2.75) is 0 Å². The Balaban J connectivity index is -0.000000116. The second kappa shape index (κ2) is 32.9. The van der Waals surface area contributed by atoms with E-state index < -0.39 is 12.6 Å². The van der Waals surface area contributed by atoms with Crippen molar-refractivity contribution in [2.75, 3.05) is 33.0 Å². The van der Waals surface area contributed by atoms with Gasteiger partial charge in [0.05, 0.1) is 26.4 Å². The molecule has 7 N–H and O–H groups in total. The Morgan fingerprint density at radius 3 is 1.44 bits per heavy atom. The van der Waals surface area contributed by atoms with Crippen LogP contribution in [0.15, 0.2) is 30.3 Å². The molecule has 0 spiro atoms. The Labute approximate surface area is 143 Å². The molecule has 1 aromatic carbocycles. The van der Waals surface area contributed by atoms with E-state index in [4.69, 9.17) is 50.7 Å². The normalized spacial score (nSPS) is 7.16. The SMILES string of the molecule is N=C=O.N=C=O.O=C(O)CO.OCCOCCO.Oc1ccccc1. The molecule has 1 aromatic rings. The summed E-state index contributed by atoms with van der Waals surface area (Å²) in [4.78, 5) is 25.8. The van der Waals surface area contributed by atoms with E-state index in [1.165, 1.54) is 0 Å². The number of aliphatic hydroxyl groups excluding tert-OH is 3. The van der Waals surface area contributed by atoms with Crippen molar-refractivity contribution in [3.63, 3.8) is 0 Å². The number of phenols is 1. The minimum atomic E-state index is -1.19. The van der Waals surface area contributed by atoms with Crippen LogP contribution in [-0.4, -0.2) is 76.7 Å². The summed E-state index contributed by atoms with van der Waals surface area (Å²) in [5, 5.41) is 50.6. The van der Waals surface area contributed by atoms with E-state index in [1.807, 2.05) is 6.07 Å². The maximum atomic E-state index is 9.12. The number of hydrogen-bond acceptors (Lipinski definition) is 10. The average Bonchev–Trinajstić information content (AvgIpc) is 2.59. The number of carboxylic acid groups (broad SMARTS) is 1. The molecule has 0 aromatic heterocycles. The molecule has 0 aliphatic carbocycles. The molecule has 0 amide bonds. The zero-order chi connectivity index (χ0) is 20.3. The first-order valence-electron chi connectivity index (χ1n) is 6.35. The fourth-order valence-corrected chi connectivity index (χ4v) is 0.659. The number of aliphatic carboxylic acids is 1. The molecule has 1 rings (SSSR count). The highest BCUT2D eigenvalue weighted by Crippen LogP contribution is 2.02. The number of hydrogen-bond donors (Lipinski definition) is 7. The lowest BCUT2D eigenvalue weighted by Crippen LogP contribution is -2.03. The molecule has 0 fully saturated rings. The van der Waals surface area contributed by atoms with Crippen LogP contribution in [0.3, 0.4) is 0 Å². The quantitative estimate of drug-likeness (QED) is 0.199. The molecule has 0 bridgehead atoms. The van der Waals surface area contributed by atoms with Crippen molar-refractivity contribution in [1.82, 2.24) is 0 Å². The van der Waals surface area contributed by atoms with Gasteiger partial charge in [0, 0.05) is 0 Å². The number of carbonyl (C=O) groups excluding carboxylic acids is 2. The van der Waals surface area contributed by atoms with Crippen molar-refractivity contribution in [1.29, 1.82) is 10.8 Å². The number of aliphatic hydroxyl groups is 3. The molecule has 142 valence electrons. The second-order valence-electron chi connectivity index (χ2n) is 3.15. The molecule has 25 heavy (non-hydrogen) atoms. The molecular formula is C14H22N2O9. The summed E-state index contributed by atoms with van der Waals surface area (Å²) in [5.74, 6) is -0.868. The van der Waals surface area contributed by atoms with Crippen molar-refractivity contribution >= 4 is 18.1 Å². The number of carbonyl (C=O) groups is 1. The van der Waals surface area contributed by atoms with Crippen LogP contribution in [0.5, 0.6) is 5.75 Å². The van der Waals surface area contributed by atoms with Gasteiger partial charge in [-0.15, -0.1) is 0 Å². The lowest BCUT2D eigenvalue weighted by molar-refractivity contribution is -0.140. The van der Waals surface area contributed by atoms with Crippen LogP contribution in [0.1, 0.15) is 0 Å². The number of phenolic OH excluding ortho intramolecular Hbond substituents is 1. The van der Waals surface area contributed by atoms with Gasteiger partial charge in [-0.2, -0.15) is 0 Å². The summed E-state index contributed by atoms with van der Waals surface area (Å²) in [7, 11) is 0. The summed E-state index contributed by atoms with van der Waals surface area (Å²) in [6.07, 6.45) is 1.50. The topological polar surface area (TPSA) is 209 Å². The lowest BCUT2D eigenvalue weighted by atomic mass is 10.3. The summed E-state index contributed by atoms with van der Waals surface area (Å²) in [6, 6.07) is 8.71. The molecule has 0 saturated heterocycles. The molecule has 11 nitrogen and oxygen atoms in total. The van der Waals surface area contributed by atoms with Crippen LogP contribution >= 0.6 is 0 Å². The number of nitrogens with one attached hydrogen (secondary N) is 2. The Morgan fingerprint density at radius 1 is 0.960 bits per heavy atom. The zero-order valence-electron chi connectivity index (χ0n) is 13.3. The van der Waals surface area contributed by atoms with Gasteiger partial charge in [0.15, 0.2) is 0 Å². The number of isocyanates is 2. The fourth-order valence-electron chi connectivity index (χ4n) is 0.659. The van der Waals surface area contributed by atoms with E-state index in [2.05, 4.69) is 4.74 Å². The summed E-state index contributed by atoms with van der Waals surface area (Å²) in [5.41, 5.74) is 0. The Bertz CT molecular complexity index is 427. The third-order valence-electron chi connectivity index (χ3n) is 1.36. The van der Waals surface area contributed by atoms with E-state index in [9.17, 15) is 0 Å². The monoisotopic (exact) mass is 362 g/mol. The third-order valence-corrected chi connectivity index (χ3v) is 1.36. The Kier molecular flexibility index (Phi) is 39.5. The maximum Gasteiger partial charge on any atom is 0.329 e. The summed E-state index contributed by atoms with van der Waals surface area (Å²) in [6.45, 7) is -0.0822. The molecular weight excluding hydrogens is 340 g/mol. The molecule has 0 aliphatic rings. The lowest BCUT2D eigenvalue weighted by Gasteiger charge is -1.94. The predicted octanol–water partition coefficient (Wildman–Crippen LogP) is -0.755. The predicted molar refractivity (Wildman–Crippen MR) is 84.6 cm³/mol. The van der Waals surface area contributed by atoms with Crippen LogP contribution < -0.4 is 0 Å². The number of rotatable bonds is 5. The van der Waals surface area contributed by atoms with Gasteiger partial charge in [-0.05, 0) is 12.1 Å². The first kappa shape index (κ1) is 30.0. The Hall–Kier alpha value is -2.91. The van der Waals surface area contributed by atoms with Crippen molar-refractivity contribution in [3.8, 4) is 5.75 Å². The number of para-hydroxylation sites is 1. The van der Waals surface area contributed by atoms with E-state index in [-0.39, 0.29) is 13.2 Å². The van der Waals surface area contributed by atoms with Crippen molar-refractivity contribution in [2.24, 2.45) is 0 Å². The maximum absolute atomic E-state index is 9.12. The van der Waals surface area contributed by atoms with E-state index in [0.29, 0.717) is 19.0 Å². The number of aromatic hydroxyl groups is 1. The number of benzene rings is 1. The van der Waals surface area contributed by atoms with Gasteiger partial charge in [0.1, 0.15) is 12.4 Å². The van der Waals surface area contributed by atoms with Crippen LogP contribution in [0.25, 0.3) is 0 Å². The number of ether oxygens (including phenoxy) is 1. The van der Waals surface area contributed by atoms with Gasteiger partial charge in [0.25, 0.3) is 0 Å². The molecule has 0 heterocycles. The van der Waals surface area contributed by atoms with Gasteiger partial charge in [0.2, 0.25) is 12.2 Å². The van der Waals surface area contributed by atoms with Gasteiger partial charge in [-0.1, -0.05) is 18.2 Å². The van der Waals surface area contributed by atoms with Gasteiger partial charge >= 0.3 is 5.97 Å². The highest BCUT2D eigenvalue weighted by Gasteiger charge is 1.82. The average molecular weight is 362 g/mol. The standard InChI is InChI=1S/C6H6O.C4H10O3.C2H4O3.2CHNO/c7-6-4-2-1-3-5-6;5-1-3-7-4-2-6;3-1-2(4)5;2*2-1-3/h1-5,7H;5-6H,1-4H2;3H,1H2,(H,4,5);2*2H. The molecule has 11 heteroatoms. The largest absolute Gasteiger partial charge is 0.508 e. The smallest absolute Gasteiger partial charge is 0.329 e. The summed E-state index contributed by atoms with van der Waals surface area (Å²) < 4.78 is 4.63. The van der Waals surface area contributed by atoms with E-state index in [0.717, 1.165) is 12.2 Å². The Morgan fingerprint density at radius 2 is 1.28 bits per heavy atom. The molecule has 0 radical (unpaired) electrons. The first-order chi connectivity index (χ1) is 11.9. The number of carboxylic acids is 1. The van der Waals surface area contributed by atoms with E-state index in [1.54, 1.807) is 24.3 Å². The van der Waals surface area contributed by atoms with Crippen LogP contribution in [0.4, 0.5) is 0 Å². The minimum Gasteiger partial charge on any atom is -0.508 e. The second-order valence-corrected chi connectivity index (χ2v) is 3.15. The molecule has 0 unspecified atom stereocenters.